The van der Waals surface area contributed by atoms with Crippen LogP contribution < -0.4 is 15.6 Å². The highest BCUT2D eigenvalue weighted by Gasteiger charge is 2.10. The third-order valence-corrected chi connectivity index (χ3v) is 2.98. The highest BCUT2D eigenvalue weighted by molar-refractivity contribution is 5.93. The molecule has 22 heavy (non-hydrogen) atoms. The molecule has 6 heteroatoms. The lowest BCUT2D eigenvalue weighted by Crippen LogP contribution is -2.35. The highest BCUT2D eigenvalue weighted by Crippen LogP contribution is 2.12. The zero-order chi connectivity index (χ0) is 15.9. The van der Waals surface area contributed by atoms with E-state index in [4.69, 9.17) is 4.74 Å². The van der Waals surface area contributed by atoms with Crippen molar-refractivity contribution in [2.45, 2.75) is 13.0 Å². The van der Waals surface area contributed by atoms with Crippen molar-refractivity contribution in [1.29, 1.82) is 0 Å². The lowest BCUT2D eigenvalue weighted by atomic mass is 10.2. The molecule has 1 atom stereocenters. The van der Waals surface area contributed by atoms with Gasteiger partial charge in [0.25, 0.3) is 5.91 Å². The third kappa shape index (κ3) is 4.75. The van der Waals surface area contributed by atoms with Gasteiger partial charge in [0.1, 0.15) is 18.5 Å². The molecule has 0 fully saturated rings. The molecular weight excluding hydrogens is 284 g/mol. The van der Waals surface area contributed by atoms with Crippen LogP contribution in [0.2, 0.25) is 0 Å². The van der Waals surface area contributed by atoms with Gasteiger partial charge < -0.3 is 20.1 Å². The first-order valence-electron chi connectivity index (χ1n) is 6.89. The Morgan fingerprint density at radius 3 is 2.86 bits per heavy atom. The Kier molecular flexibility index (Phi) is 5.32. The summed E-state index contributed by atoms with van der Waals surface area (Å²) in [6.45, 7) is 2.09. The van der Waals surface area contributed by atoms with Crippen molar-refractivity contribution in [2.75, 3.05) is 13.2 Å². The van der Waals surface area contributed by atoms with E-state index in [2.05, 4.69) is 10.3 Å². The summed E-state index contributed by atoms with van der Waals surface area (Å²) in [6, 6.07) is 10.2. The first kappa shape index (κ1) is 15.8. The maximum absolute atomic E-state index is 11.8. The van der Waals surface area contributed by atoms with E-state index < -0.39 is 6.10 Å². The number of hydrogen-bond donors (Lipinski definition) is 3. The molecule has 0 saturated heterocycles. The topological polar surface area (TPSA) is 91.4 Å². The van der Waals surface area contributed by atoms with Gasteiger partial charge in [-0.15, -0.1) is 0 Å². The first-order valence-corrected chi connectivity index (χ1v) is 6.89. The smallest absolute Gasteiger partial charge is 0.252 e. The van der Waals surface area contributed by atoms with E-state index >= 15 is 0 Å². The van der Waals surface area contributed by atoms with Gasteiger partial charge >= 0.3 is 0 Å². The molecule has 0 aliphatic heterocycles. The maximum atomic E-state index is 11.8. The van der Waals surface area contributed by atoms with E-state index in [0.29, 0.717) is 11.3 Å². The number of aromatic amines is 1. The summed E-state index contributed by atoms with van der Waals surface area (Å²) < 4.78 is 5.45. The third-order valence-electron chi connectivity index (χ3n) is 2.98. The Hall–Kier alpha value is -2.60. The second-order valence-electron chi connectivity index (χ2n) is 4.93. The lowest BCUT2D eigenvalue weighted by Gasteiger charge is -2.13. The minimum absolute atomic E-state index is 0.0593. The minimum Gasteiger partial charge on any atom is -0.491 e. The summed E-state index contributed by atoms with van der Waals surface area (Å²) >= 11 is 0. The molecule has 0 saturated carbocycles. The SMILES string of the molecule is Cc1cccc(OCC(O)CNC(=O)c2ccc(=O)[nH]c2)c1. The molecule has 1 unspecified atom stereocenters. The van der Waals surface area contributed by atoms with Crippen LogP contribution in [0, 0.1) is 6.92 Å². The molecule has 1 amide bonds. The zero-order valence-electron chi connectivity index (χ0n) is 12.2. The Morgan fingerprint density at radius 2 is 2.18 bits per heavy atom. The number of aromatic nitrogens is 1. The van der Waals surface area contributed by atoms with Crippen molar-refractivity contribution >= 4 is 5.91 Å². The van der Waals surface area contributed by atoms with Crippen LogP contribution in [0.15, 0.2) is 47.4 Å². The molecule has 0 aliphatic carbocycles. The largest absolute Gasteiger partial charge is 0.491 e. The number of carbonyl (C=O) groups is 1. The number of pyridine rings is 1. The number of carbonyl (C=O) groups excluding carboxylic acids is 1. The summed E-state index contributed by atoms with van der Waals surface area (Å²) in [5.74, 6) is 0.303. The number of amides is 1. The van der Waals surface area contributed by atoms with Crippen LogP contribution in [0.3, 0.4) is 0 Å². The summed E-state index contributed by atoms with van der Waals surface area (Å²) in [5, 5.41) is 12.4. The Balaban J connectivity index is 1.77. The van der Waals surface area contributed by atoms with Gasteiger partial charge in [0.15, 0.2) is 0 Å². The van der Waals surface area contributed by atoms with Crippen molar-refractivity contribution in [2.24, 2.45) is 0 Å². The molecule has 1 aromatic heterocycles. The number of ether oxygens (including phenoxy) is 1. The monoisotopic (exact) mass is 302 g/mol. The Labute approximate surface area is 127 Å². The summed E-state index contributed by atoms with van der Waals surface area (Å²) in [6.07, 6.45) is 0.500. The standard InChI is InChI=1S/C16H18N2O4/c1-11-3-2-4-14(7-11)22-10-13(19)9-18-16(21)12-5-6-15(20)17-8-12/h2-8,13,19H,9-10H2,1H3,(H,17,20)(H,18,21). The quantitative estimate of drug-likeness (QED) is 0.738. The molecule has 0 spiro atoms. The van der Waals surface area contributed by atoms with E-state index in [1.54, 1.807) is 6.07 Å². The van der Waals surface area contributed by atoms with E-state index in [-0.39, 0.29) is 24.6 Å². The van der Waals surface area contributed by atoms with Crippen molar-refractivity contribution in [1.82, 2.24) is 10.3 Å². The van der Waals surface area contributed by atoms with E-state index in [9.17, 15) is 14.7 Å². The van der Waals surface area contributed by atoms with Gasteiger partial charge in [-0.2, -0.15) is 0 Å². The van der Waals surface area contributed by atoms with Crippen LogP contribution in [-0.2, 0) is 0 Å². The molecule has 3 N–H and O–H groups in total. The van der Waals surface area contributed by atoms with E-state index in [1.807, 2.05) is 25.1 Å². The van der Waals surface area contributed by atoms with Gasteiger partial charge in [-0.3, -0.25) is 9.59 Å². The maximum Gasteiger partial charge on any atom is 0.252 e. The van der Waals surface area contributed by atoms with Crippen molar-refractivity contribution < 1.29 is 14.6 Å². The lowest BCUT2D eigenvalue weighted by molar-refractivity contribution is 0.0843. The molecule has 2 aromatic rings. The molecule has 2 rings (SSSR count). The van der Waals surface area contributed by atoms with Crippen molar-refractivity contribution in [3.63, 3.8) is 0 Å². The molecule has 0 aliphatic rings. The fraction of sp³-hybridized carbons (Fsp3) is 0.250. The van der Waals surface area contributed by atoms with Crippen molar-refractivity contribution in [3.8, 4) is 5.75 Å². The number of aliphatic hydroxyl groups is 1. The minimum atomic E-state index is -0.827. The van der Waals surface area contributed by atoms with Gasteiger partial charge in [-0.25, -0.2) is 0 Å². The van der Waals surface area contributed by atoms with Gasteiger partial charge in [0.05, 0.1) is 5.56 Å². The molecule has 0 radical (unpaired) electrons. The average Bonchev–Trinajstić information content (AvgIpc) is 2.51. The van der Waals surface area contributed by atoms with Crippen LogP contribution in [-0.4, -0.2) is 35.3 Å². The van der Waals surface area contributed by atoms with Gasteiger partial charge in [-0.1, -0.05) is 12.1 Å². The van der Waals surface area contributed by atoms with Gasteiger partial charge in [-0.05, 0) is 30.7 Å². The number of H-pyrrole nitrogens is 1. The molecule has 1 aromatic carbocycles. The zero-order valence-corrected chi connectivity index (χ0v) is 12.2. The number of nitrogens with one attached hydrogen (secondary N) is 2. The number of benzene rings is 1. The predicted octanol–water partition coefficient (Wildman–Crippen LogP) is 0.853. The molecule has 6 nitrogen and oxygen atoms in total. The number of aliphatic hydroxyl groups excluding tert-OH is 1. The number of hydrogen-bond acceptors (Lipinski definition) is 4. The van der Waals surface area contributed by atoms with Crippen LogP contribution >= 0.6 is 0 Å². The highest BCUT2D eigenvalue weighted by atomic mass is 16.5. The van der Waals surface area contributed by atoms with Crippen LogP contribution in [0.4, 0.5) is 0 Å². The fourth-order valence-corrected chi connectivity index (χ4v) is 1.82. The van der Waals surface area contributed by atoms with Crippen molar-refractivity contribution in [3.05, 3.63) is 64.1 Å². The fourth-order valence-electron chi connectivity index (χ4n) is 1.82. The van der Waals surface area contributed by atoms with Crippen LogP contribution in [0.1, 0.15) is 15.9 Å². The van der Waals surface area contributed by atoms with E-state index in [1.165, 1.54) is 18.3 Å². The molecule has 0 bridgehead atoms. The molecule has 116 valence electrons. The Bertz CT molecular complexity index is 676. The van der Waals surface area contributed by atoms with Gasteiger partial charge in [0, 0.05) is 18.8 Å². The molecule has 1 heterocycles. The second-order valence-corrected chi connectivity index (χ2v) is 4.93. The van der Waals surface area contributed by atoms with Crippen LogP contribution in [0.5, 0.6) is 5.75 Å². The summed E-state index contributed by atoms with van der Waals surface area (Å²) in [4.78, 5) is 25.1. The Morgan fingerprint density at radius 1 is 1.36 bits per heavy atom. The average molecular weight is 302 g/mol. The normalized spacial score (nSPS) is 11.7. The first-order chi connectivity index (χ1) is 10.5. The van der Waals surface area contributed by atoms with Gasteiger partial charge in [0.2, 0.25) is 5.56 Å². The second kappa shape index (κ2) is 7.42. The molecular formula is C16H18N2O4. The summed E-state index contributed by atoms with van der Waals surface area (Å²) in [7, 11) is 0. The number of rotatable bonds is 6. The number of aryl methyl sites for hydroxylation is 1. The predicted molar refractivity (Wildman–Crippen MR) is 82.1 cm³/mol. The van der Waals surface area contributed by atoms with Crippen LogP contribution in [0.25, 0.3) is 0 Å². The summed E-state index contributed by atoms with van der Waals surface area (Å²) in [5.41, 5.74) is 1.12. The van der Waals surface area contributed by atoms with E-state index in [0.717, 1.165) is 5.56 Å².